The summed E-state index contributed by atoms with van der Waals surface area (Å²) < 4.78 is 24.1. The Kier molecular flexibility index (Phi) is 3.04. The molecule has 1 N–H and O–H groups in total. The van der Waals surface area contributed by atoms with E-state index in [-0.39, 0.29) is 0 Å². The van der Waals surface area contributed by atoms with Crippen LogP contribution in [0.25, 0.3) is 0 Å². The Morgan fingerprint density at radius 1 is 1.19 bits per heavy atom. The zero-order valence-corrected chi connectivity index (χ0v) is 10.3. The Morgan fingerprint density at radius 2 is 1.88 bits per heavy atom. The maximum atomic E-state index is 12.0. The molecule has 0 amide bonds. The van der Waals surface area contributed by atoms with Gasteiger partial charge in [0.2, 0.25) is 0 Å². The van der Waals surface area contributed by atoms with Gasteiger partial charge in [0.25, 0.3) is 0 Å². The summed E-state index contributed by atoms with van der Waals surface area (Å²) in [6.07, 6.45) is 3.98. The highest BCUT2D eigenvalue weighted by Crippen LogP contribution is 2.34. The summed E-state index contributed by atoms with van der Waals surface area (Å²) >= 11 is 0. The molecule has 1 aliphatic heterocycles. The lowest BCUT2D eigenvalue weighted by molar-refractivity contribution is 0.350. The molecule has 1 saturated heterocycles. The van der Waals surface area contributed by atoms with E-state index in [2.05, 4.69) is 5.32 Å². The third-order valence-corrected chi connectivity index (χ3v) is 5.09. The van der Waals surface area contributed by atoms with Gasteiger partial charge in [0, 0.05) is 6.26 Å². The third kappa shape index (κ3) is 1.87. The molecule has 3 nitrogen and oxygen atoms in total. The van der Waals surface area contributed by atoms with Crippen LogP contribution in [0.3, 0.4) is 0 Å². The van der Waals surface area contributed by atoms with E-state index < -0.39 is 14.7 Å². The van der Waals surface area contributed by atoms with Crippen LogP contribution in [0.2, 0.25) is 0 Å². The van der Waals surface area contributed by atoms with Gasteiger partial charge in [0.1, 0.15) is 4.87 Å². The molecule has 88 valence electrons. The predicted octanol–water partition coefficient (Wildman–Crippen LogP) is 1.66. The molecule has 0 spiro atoms. The summed E-state index contributed by atoms with van der Waals surface area (Å²) in [6.45, 7) is 0.766. The maximum absolute atomic E-state index is 12.0. The molecule has 2 rings (SSSR count). The molecule has 0 saturated carbocycles. The fourth-order valence-electron chi connectivity index (χ4n) is 2.36. The summed E-state index contributed by atoms with van der Waals surface area (Å²) in [4.78, 5) is -0.869. The van der Waals surface area contributed by atoms with Crippen molar-refractivity contribution in [3.05, 3.63) is 35.9 Å². The number of rotatable bonds is 2. The van der Waals surface area contributed by atoms with Crippen LogP contribution in [0, 0.1) is 0 Å². The minimum absolute atomic E-state index is 0.663. The third-order valence-electron chi connectivity index (χ3n) is 3.24. The fraction of sp³-hybridized carbons (Fsp3) is 0.500. The Bertz CT molecular complexity index is 447. The molecule has 0 aliphatic carbocycles. The number of nitrogens with one attached hydrogen (secondary N) is 1. The number of sulfone groups is 1. The normalized spacial score (nSPS) is 26.6. The molecule has 1 atom stereocenters. The van der Waals surface area contributed by atoms with Crippen molar-refractivity contribution in [3.8, 4) is 0 Å². The fourth-order valence-corrected chi connectivity index (χ4v) is 3.81. The molecule has 1 aromatic carbocycles. The lowest BCUT2D eigenvalue weighted by Gasteiger charge is -2.37. The molecule has 0 aromatic heterocycles. The van der Waals surface area contributed by atoms with Crippen molar-refractivity contribution in [2.75, 3.05) is 12.8 Å². The average molecular weight is 239 g/mol. The van der Waals surface area contributed by atoms with Crippen molar-refractivity contribution < 1.29 is 8.42 Å². The Labute approximate surface area is 96.8 Å². The van der Waals surface area contributed by atoms with Crippen LogP contribution in [-0.2, 0) is 14.7 Å². The quantitative estimate of drug-likeness (QED) is 0.853. The number of benzene rings is 1. The van der Waals surface area contributed by atoms with Gasteiger partial charge in [-0.25, -0.2) is 8.42 Å². The molecule has 1 fully saturated rings. The molecule has 0 radical (unpaired) electrons. The van der Waals surface area contributed by atoms with Crippen LogP contribution in [0.5, 0.6) is 0 Å². The highest BCUT2D eigenvalue weighted by molar-refractivity contribution is 7.91. The molecule has 4 heteroatoms. The SMILES string of the molecule is CS(=O)(=O)C1(c2ccccc2)CCCCN1. The molecule has 16 heavy (non-hydrogen) atoms. The minimum Gasteiger partial charge on any atom is -0.295 e. The van der Waals surface area contributed by atoms with Crippen molar-refractivity contribution in [1.29, 1.82) is 0 Å². The van der Waals surface area contributed by atoms with E-state index in [0.29, 0.717) is 6.42 Å². The Balaban J connectivity index is 2.51. The van der Waals surface area contributed by atoms with E-state index in [1.165, 1.54) is 6.26 Å². The van der Waals surface area contributed by atoms with Gasteiger partial charge in [-0.05, 0) is 31.4 Å². The zero-order chi connectivity index (χ0) is 11.6. The van der Waals surface area contributed by atoms with Gasteiger partial charge in [0.05, 0.1) is 0 Å². The van der Waals surface area contributed by atoms with Gasteiger partial charge >= 0.3 is 0 Å². The smallest absolute Gasteiger partial charge is 0.170 e. The van der Waals surface area contributed by atoms with E-state index in [9.17, 15) is 8.42 Å². The molecular formula is C12H17NO2S. The van der Waals surface area contributed by atoms with Gasteiger partial charge in [0.15, 0.2) is 9.84 Å². The predicted molar refractivity (Wildman–Crippen MR) is 64.8 cm³/mol. The first kappa shape index (κ1) is 11.6. The van der Waals surface area contributed by atoms with Crippen LogP contribution >= 0.6 is 0 Å². The standard InChI is InChI=1S/C12H17NO2S/c1-16(14,15)12(9-5-6-10-13-12)11-7-3-2-4-8-11/h2-4,7-8,13H,5-6,9-10H2,1H3. The van der Waals surface area contributed by atoms with Crippen LogP contribution in [-0.4, -0.2) is 21.2 Å². The Hall–Kier alpha value is -0.870. The van der Waals surface area contributed by atoms with E-state index in [0.717, 1.165) is 24.9 Å². The number of piperidine rings is 1. The van der Waals surface area contributed by atoms with Gasteiger partial charge in [-0.2, -0.15) is 0 Å². The van der Waals surface area contributed by atoms with Gasteiger partial charge < -0.3 is 0 Å². The first-order valence-electron chi connectivity index (χ1n) is 5.56. The molecule has 0 bridgehead atoms. The maximum Gasteiger partial charge on any atom is 0.170 e. The largest absolute Gasteiger partial charge is 0.295 e. The van der Waals surface area contributed by atoms with Gasteiger partial charge in [-0.1, -0.05) is 30.3 Å². The second-order valence-electron chi connectivity index (χ2n) is 4.35. The van der Waals surface area contributed by atoms with E-state index in [1.54, 1.807) is 0 Å². The average Bonchev–Trinajstić information content (AvgIpc) is 2.30. The van der Waals surface area contributed by atoms with Crippen LogP contribution in [0.15, 0.2) is 30.3 Å². The summed E-state index contributed by atoms with van der Waals surface area (Å²) in [6, 6.07) is 9.46. The first-order valence-corrected chi connectivity index (χ1v) is 7.45. The van der Waals surface area contributed by atoms with Crippen LogP contribution in [0.1, 0.15) is 24.8 Å². The van der Waals surface area contributed by atoms with E-state index in [1.807, 2.05) is 30.3 Å². The lowest BCUT2D eigenvalue weighted by Crippen LogP contribution is -2.51. The molecule has 1 unspecified atom stereocenters. The van der Waals surface area contributed by atoms with Gasteiger partial charge in [-0.3, -0.25) is 5.32 Å². The second kappa shape index (κ2) is 4.18. The Morgan fingerprint density at radius 3 is 2.38 bits per heavy atom. The minimum atomic E-state index is -3.15. The molecule has 1 aliphatic rings. The summed E-state index contributed by atoms with van der Waals surface area (Å²) in [5.41, 5.74) is 0.859. The molecule has 1 aromatic rings. The highest BCUT2D eigenvalue weighted by Gasteiger charge is 2.42. The van der Waals surface area contributed by atoms with E-state index >= 15 is 0 Å². The van der Waals surface area contributed by atoms with Crippen LogP contribution in [0.4, 0.5) is 0 Å². The van der Waals surface area contributed by atoms with Crippen molar-refractivity contribution >= 4 is 9.84 Å². The summed E-state index contributed by atoms with van der Waals surface area (Å²) in [5, 5.41) is 3.20. The van der Waals surface area contributed by atoms with E-state index in [4.69, 9.17) is 0 Å². The number of hydrogen-bond acceptors (Lipinski definition) is 3. The first-order chi connectivity index (χ1) is 7.56. The highest BCUT2D eigenvalue weighted by atomic mass is 32.2. The second-order valence-corrected chi connectivity index (χ2v) is 6.59. The monoisotopic (exact) mass is 239 g/mol. The molecular weight excluding hydrogens is 222 g/mol. The summed E-state index contributed by atoms with van der Waals surface area (Å²) in [7, 11) is -3.15. The van der Waals surface area contributed by atoms with Crippen molar-refractivity contribution in [1.82, 2.24) is 5.32 Å². The topological polar surface area (TPSA) is 46.2 Å². The zero-order valence-electron chi connectivity index (χ0n) is 9.44. The van der Waals surface area contributed by atoms with Crippen molar-refractivity contribution in [3.63, 3.8) is 0 Å². The van der Waals surface area contributed by atoms with Crippen molar-refractivity contribution in [2.45, 2.75) is 24.1 Å². The summed E-state index contributed by atoms with van der Waals surface area (Å²) in [5.74, 6) is 0. The lowest BCUT2D eigenvalue weighted by atomic mass is 9.97. The van der Waals surface area contributed by atoms with Gasteiger partial charge in [-0.15, -0.1) is 0 Å². The molecule has 1 heterocycles. The number of hydrogen-bond donors (Lipinski definition) is 1. The van der Waals surface area contributed by atoms with Crippen molar-refractivity contribution in [2.24, 2.45) is 0 Å². The van der Waals surface area contributed by atoms with Crippen LogP contribution < -0.4 is 5.32 Å².